The highest BCUT2D eigenvalue weighted by Gasteiger charge is 2.23. The quantitative estimate of drug-likeness (QED) is 0.621. The van der Waals surface area contributed by atoms with Gasteiger partial charge in [0.2, 0.25) is 11.8 Å². The lowest BCUT2D eigenvalue weighted by atomic mass is 10.2. The van der Waals surface area contributed by atoms with E-state index in [9.17, 15) is 9.18 Å². The lowest BCUT2D eigenvalue weighted by Gasteiger charge is -2.19. The molecule has 0 saturated carbocycles. The number of fused-ring (bicyclic) bond motifs is 1. The topological polar surface area (TPSA) is 58.6 Å². The molecular weight excluding hydrogens is 383 g/mol. The third-order valence-electron chi connectivity index (χ3n) is 4.54. The van der Waals surface area contributed by atoms with Crippen LogP contribution in [0, 0.1) is 5.82 Å². The van der Waals surface area contributed by atoms with Crippen LogP contribution in [0.3, 0.4) is 0 Å². The third kappa shape index (κ3) is 3.36. The Balaban J connectivity index is 1.67. The summed E-state index contributed by atoms with van der Waals surface area (Å²) in [7, 11) is 0. The highest BCUT2D eigenvalue weighted by molar-refractivity contribution is 6.30. The van der Waals surface area contributed by atoms with E-state index in [1.165, 1.54) is 24.5 Å². The minimum Gasteiger partial charge on any atom is -0.435 e. The Hall–Kier alpha value is -3.19. The second kappa shape index (κ2) is 7.44. The molecule has 6 nitrogen and oxygen atoms in total. The number of carbonyl (C=O) groups is 1. The monoisotopic (exact) mass is 398 g/mol. The fourth-order valence-electron chi connectivity index (χ4n) is 3.07. The van der Waals surface area contributed by atoms with Crippen LogP contribution < -0.4 is 9.64 Å². The number of nitrogens with zero attached hydrogens (tertiary/aromatic N) is 4. The molecule has 142 valence electrons. The summed E-state index contributed by atoms with van der Waals surface area (Å²) in [6.07, 6.45) is 2.67. The van der Waals surface area contributed by atoms with Crippen LogP contribution in [0.2, 0.25) is 5.02 Å². The van der Waals surface area contributed by atoms with Gasteiger partial charge < -0.3 is 14.5 Å². The van der Waals surface area contributed by atoms with Crippen LogP contribution in [-0.4, -0.2) is 40.5 Å². The highest BCUT2D eigenvalue weighted by atomic mass is 35.5. The van der Waals surface area contributed by atoms with Crippen LogP contribution in [0.25, 0.3) is 10.9 Å². The van der Waals surface area contributed by atoms with E-state index < -0.39 is 5.82 Å². The van der Waals surface area contributed by atoms with Crippen LogP contribution >= 0.6 is 11.6 Å². The largest absolute Gasteiger partial charge is 0.435 e. The number of ether oxygens (including phenoxy) is 1. The maximum Gasteiger partial charge on any atom is 0.247 e. The summed E-state index contributed by atoms with van der Waals surface area (Å²) in [6.45, 7) is 5.30. The number of rotatable bonds is 4. The SMILES string of the molecule is C=CC(=O)N1CCN(c2ccc3ncnc(Oc4cccc(Cl)c4F)c3c2)C1. The van der Waals surface area contributed by atoms with E-state index in [4.69, 9.17) is 16.3 Å². The number of benzene rings is 2. The Morgan fingerprint density at radius 2 is 2.11 bits per heavy atom. The summed E-state index contributed by atoms with van der Waals surface area (Å²) in [5, 5.41) is 0.605. The molecule has 0 N–H and O–H groups in total. The van der Waals surface area contributed by atoms with Crippen LogP contribution in [0.5, 0.6) is 11.6 Å². The zero-order valence-corrected chi connectivity index (χ0v) is 15.6. The maximum absolute atomic E-state index is 14.2. The first-order chi connectivity index (χ1) is 13.6. The van der Waals surface area contributed by atoms with E-state index in [-0.39, 0.29) is 22.6 Å². The molecule has 28 heavy (non-hydrogen) atoms. The molecule has 2 aromatic carbocycles. The van der Waals surface area contributed by atoms with Gasteiger partial charge in [0.15, 0.2) is 11.6 Å². The normalized spacial score (nSPS) is 13.8. The molecule has 0 unspecified atom stereocenters. The van der Waals surface area contributed by atoms with Crippen molar-refractivity contribution in [2.24, 2.45) is 0 Å². The molecule has 1 aromatic heterocycles. The van der Waals surface area contributed by atoms with E-state index in [1.807, 2.05) is 18.2 Å². The molecule has 4 rings (SSSR count). The Morgan fingerprint density at radius 3 is 2.93 bits per heavy atom. The van der Waals surface area contributed by atoms with Crippen LogP contribution in [0.15, 0.2) is 55.4 Å². The smallest absolute Gasteiger partial charge is 0.247 e. The van der Waals surface area contributed by atoms with Gasteiger partial charge in [-0.15, -0.1) is 0 Å². The Bertz CT molecular complexity index is 1080. The van der Waals surface area contributed by atoms with Crippen molar-refractivity contribution in [3.63, 3.8) is 0 Å². The Kier molecular flexibility index (Phi) is 4.83. The van der Waals surface area contributed by atoms with Crippen molar-refractivity contribution in [1.82, 2.24) is 14.9 Å². The lowest BCUT2D eigenvalue weighted by molar-refractivity contribution is -0.124. The number of hydrogen-bond donors (Lipinski definition) is 0. The molecule has 3 aromatic rings. The summed E-state index contributed by atoms with van der Waals surface area (Å²) in [5.74, 6) is -0.537. The summed E-state index contributed by atoms with van der Waals surface area (Å²) in [5.41, 5.74) is 1.55. The Labute approximate surface area is 165 Å². The average molecular weight is 399 g/mol. The molecule has 0 bridgehead atoms. The number of halogens is 2. The molecule has 1 fully saturated rings. The van der Waals surface area contributed by atoms with E-state index >= 15 is 0 Å². The van der Waals surface area contributed by atoms with Gasteiger partial charge in [0.25, 0.3) is 0 Å². The van der Waals surface area contributed by atoms with Gasteiger partial charge in [-0.2, -0.15) is 0 Å². The molecule has 0 radical (unpaired) electrons. The number of anilines is 1. The molecule has 1 amide bonds. The standard InChI is InChI=1S/C20H16ClFN4O2/c1-2-18(27)26-9-8-25(12-26)13-6-7-16-14(10-13)20(24-11-23-16)28-17-5-3-4-15(21)19(17)22/h2-7,10-11H,1,8-9,12H2. The number of amides is 1. The number of carbonyl (C=O) groups excluding carboxylic acids is 1. The van der Waals surface area contributed by atoms with Gasteiger partial charge in [-0.3, -0.25) is 4.79 Å². The molecule has 8 heteroatoms. The molecule has 0 spiro atoms. The second-order valence-corrected chi connectivity index (χ2v) is 6.65. The van der Waals surface area contributed by atoms with Gasteiger partial charge >= 0.3 is 0 Å². The van der Waals surface area contributed by atoms with Crippen molar-refractivity contribution in [1.29, 1.82) is 0 Å². The summed E-state index contributed by atoms with van der Waals surface area (Å²) in [6, 6.07) is 10.2. The van der Waals surface area contributed by atoms with Crippen molar-refractivity contribution in [2.45, 2.75) is 0 Å². The molecule has 1 aliphatic rings. The summed E-state index contributed by atoms with van der Waals surface area (Å²) < 4.78 is 19.9. The van der Waals surface area contributed by atoms with Gasteiger partial charge in [0.1, 0.15) is 6.33 Å². The van der Waals surface area contributed by atoms with E-state index in [1.54, 1.807) is 11.0 Å². The summed E-state index contributed by atoms with van der Waals surface area (Å²) >= 11 is 5.83. The van der Waals surface area contributed by atoms with E-state index in [2.05, 4.69) is 21.4 Å². The van der Waals surface area contributed by atoms with Gasteiger partial charge in [0.05, 0.1) is 22.6 Å². The Morgan fingerprint density at radius 1 is 1.25 bits per heavy atom. The van der Waals surface area contributed by atoms with Gasteiger partial charge in [0, 0.05) is 18.8 Å². The summed E-state index contributed by atoms with van der Waals surface area (Å²) in [4.78, 5) is 24.0. The minimum atomic E-state index is -0.648. The molecule has 0 aliphatic carbocycles. The molecule has 0 atom stereocenters. The van der Waals surface area contributed by atoms with E-state index in [0.29, 0.717) is 30.7 Å². The fourth-order valence-corrected chi connectivity index (χ4v) is 3.24. The maximum atomic E-state index is 14.2. The average Bonchev–Trinajstić information content (AvgIpc) is 3.21. The molecule has 2 heterocycles. The minimum absolute atomic E-state index is 0.0122. The first-order valence-electron chi connectivity index (χ1n) is 8.60. The first kappa shape index (κ1) is 18.2. The van der Waals surface area contributed by atoms with Crippen molar-refractivity contribution in [3.05, 3.63) is 66.2 Å². The predicted molar refractivity (Wildman–Crippen MR) is 105 cm³/mol. The molecular formula is C20H16ClFN4O2. The third-order valence-corrected chi connectivity index (χ3v) is 4.83. The second-order valence-electron chi connectivity index (χ2n) is 6.24. The van der Waals surface area contributed by atoms with Gasteiger partial charge in [-0.25, -0.2) is 14.4 Å². The van der Waals surface area contributed by atoms with Crippen molar-refractivity contribution in [2.75, 3.05) is 24.7 Å². The zero-order valence-electron chi connectivity index (χ0n) is 14.8. The van der Waals surface area contributed by atoms with Crippen LogP contribution in [0.4, 0.5) is 10.1 Å². The van der Waals surface area contributed by atoms with E-state index in [0.717, 1.165) is 5.69 Å². The lowest BCUT2D eigenvalue weighted by Crippen LogP contribution is -2.29. The molecule has 1 saturated heterocycles. The number of hydrogen-bond acceptors (Lipinski definition) is 5. The van der Waals surface area contributed by atoms with Crippen LogP contribution in [-0.2, 0) is 4.79 Å². The predicted octanol–water partition coefficient (Wildman–Crippen LogP) is 4.01. The highest BCUT2D eigenvalue weighted by Crippen LogP contribution is 2.33. The fraction of sp³-hybridized carbons (Fsp3) is 0.150. The number of aromatic nitrogens is 2. The first-order valence-corrected chi connectivity index (χ1v) is 8.97. The van der Waals surface area contributed by atoms with Gasteiger partial charge in [-0.05, 0) is 36.4 Å². The van der Waals surface area contributed by atoms with Crippen molar-refractivity contribution < 1.29 is 13.9 Å². The van der Waals surface area contributed by atoms with Gasteiger partial charge in [-0.1, -0.05) is 24.2 Å². The van der Waals surface area contributed by atoms with Crippen molar-refractivity contribution in [3.8, 4) is 11.6 Å². The molecule has 1 aliphatic heterocycles. The zero-order chi connectivity index (χ0) is 19.7. The van der Waals surface area contributed by atoms with Crippen LogP contribution in [0.1, 0.15) is 0 Å². The van der Waals surface area contributed by atoms with Crippen molar-refractivity contribution >= 4 is 34.1 Å².